The second-order valence-electron chi connectivity index (χ2n) is 5.63. The van der Waals surface area contributed by atoms with Crippen molar-refractivity contribution in [2.24, 2.45) is 0 Å². The van der Waals surface area contributed by atoms with Crippen LogP contribution in [0.25, 0.3) is 0 Å². The molecule has 0 radical (unpaired) electrons. The number of benzene rings is 2. The second kappa shape index (κ2) is 6.48. The van der Waals surface area contributed by atoms with Crippen LogP contribution >= 0.6 is 11.8 Å². The molecule has 0 heterocycles. The molecule has 130 valence electrons. The maximum absolute atomic E-state index is 14.1. The molecule has 2 aromatic carbocycles. The predicted octanol–water partition coefficient (Wildman–Crippen LogP) is 4.04. The van der Waals surface area contributed by atoms with Crippen LogP contribution in [0, 0.1) is 11.6 Å². The first-order valence-corrected chi connectivity index (χ1v) is 8.66. The third-order valence-corrected chi connectivity index (χ3v) is 5.13. The van der Waals surface area contributed by atoms with Gasteiger partial charge in [0.15, 0.2) is 0 Å². The number of hydrogen-bond donors (Lipinski definition) is 2. The molecule has 0 saturated carbocycles. The molecule has 1 aliphatic carbocycles. The number of halogens is 2. The maximum Gasteiger partial charge on any atom is 0.201 e. The smallest absolute Gasteiger partial charge is 0.201 e. The van der Waals surface area contributed by atoms with Crippen LogP contribution < -0.4 is 0 Å². The van der Waals surface area contributed by atoms with Crippen molar-refractivity contribution in [1.82, 2.24) is 0 Å². The zero-order valence-electron chi connectivity index (χ0n) is 13.2. The molecule has 1 aliphatic rings. The van der Waals surface area contributed by atoms with Crippen LogP contribution in [0.1, 0.15) is 51.6 Å². The molecular weight excluding hydrogens is 350 g/mol. The number of phenolic OH excluding ortho intramolecular Hbond substituents is 2. The summed E-state index contributed by atoms with van der Waals surface area (Å²) in [5.41, 5.74) is -2.43. The fourth-order valence-corrected chi connectivity index (χ4v) is 3.85. The fraction of sp³-hybridized carbons (Fsp3) is 0.222. The maximum atomic E-state index is 14.1. The molecule has 0 fully saturated rings. The van der Waals surface area contributed by atoms with E-state index in [2.05, 4.69) is 0 Å². The summed E-state index contributed by atoms with van der Waals surface area (Å²) in [6.07, 6.45) is 1.76. The van der Waals surface area contributed by atoms with Crippen molar-refractivity contribution in [3.63, 3.8) is 0 Å². The summed E-state index contributed by atoms with van der Waals surface area (Å²) >= 11 is 1.21. The molecule has 0 unspecified atom stereocenters. The number of aromatic hydroxyl groups is 2. The highest BCUT2D eigenvalue weighted by atomic mass is 32.2. The van der Waals surface area contributed by atoms with Gasteiger partial charge in [-0.05, 0) is 30.4 Å². The summed E-state index contributed by atoms with van der Waals surface area (Å²) in [7, 11) is 0. The van der Waals surface area contributed by atoms with Crippen LogP contribution in [-0.4, -0.2) is 27.5 Å². The number of carbonyl (C=O) groups is 2. The minimum absolute atomic E-state index is 0.214. The average molecular weight is 364 g/mol. The molecule has 25 heavy (non-hydrogen) atoms. The van der Waals surface area contributed by atoms with Crippen molar-refractivity contribution < 1.29 is 28.6 Å². The Labute approximate surface area is 146 Å². The van der Waals surface area contributed by atoms with Crippen LogP contribution in [0.2, 0.25) is 0 Å². The van der Waals surface area contributed by atoms with Gasteiger partial charge < -0.3 is 10.2 Å². The van der Waals surface area contributed by atoms with Crippen LogP contribution in [0.3, 0.4) is 0 Å². The topological polar surface area (TPSA) is 74.6 Å². The molecule has 2 aromatic rings. The monoisotopic (exact) mass is 364 g/mol. The van der Waals surface area contributed by atoms with E-state index in [1.165, 1.54) is 17.8 Å². The van der Waals surface area contributed by atoms with E-state index in [-0.39, 0.29) is 4.90 Å². The van der Waals surface area contributed by atoms with Crippen molar-refractivity contribution in [3.05, 3.63) is 52.1 Å². The normalized spacial score (nSPS) is 12.9. The third kappa shape index (κ3) is 2.68. The summed E-state index contributed by atoms with van der Waals surface area (Å²) < 4.78 is 28.1. The summed E-state index contributed by atoms with van der Waals surface area (Å²) in [6.45, 7) is 1.99. The number of rotatable bonds is 4. The van der Waals surface area contributed by atoms with Crippen molar-refractivity contribution in [2.75, 3.05) is 5.75 Å². The minimum Gasteiger partial charge on any atom is -0.507 e. The minimum atomic E-state index is -1.05. The number of hydrogen-bond acceptors (Lipinski definition) is 5. The van der Waals surface area contributed by atoms with Gasteiger partial charge in [-0.25, -0.2) is 8.78 Å². The first-order valence-electron chi connectivity index (χ1n) is 7.67. The summed E-state index contributed by atoms with van der Waals surface area (Å²) in [5, 5.41) is 20.6. The van der Waals surface area contributed by atoms with Crippen molar-refractivity contribution in [1.29, 1.82) is 0 Å². The van der Waals surface area contributed by atoms with E-state index in [0.717, 1.165) is 25.0 Å². The highest BCUT2D eigenvalue weighted by molar-refractivity contribution is 7.99. The van der Waals surface area contributed by atoms with E-state index in [1.807, 2.05) is 6.92 Å². The largest absolute Gasteiger partial charge is 0.507 e. The third-order valence-electron chi connectivity index (χ3n) is 4.01. The van der Waals surface area contributed by atoms with E-state index in [0.29, 0.717) is 5.75 Å². The van der Waals surface area contributed by atoms with Gasteiger partial charge in [0.25, 0.3) is 0 Å². The summed E-state index contributed by atoms with van der Waals surface area (Å²) in [4.78, 5) is 25.4. The molecule has 0 aromatic heterocycles. The Morgan fingerprint density at radius 3 is 2.08 bits per heavy atom. The SMILES string of the molecule is CCCCSc1cc(O)c2c(c1O)C(=O)c1c(F)ccc(F)c1C2=O. The molecule has 0 amide bonds. The Morgan fingerprint density at radius 2 is 1.52 bits per heavy atom. The van der Waals surface area contributed by atoms with Crippen LogP contribution in [-0.2, 0) is 0 Å². The average Bonchev–Trinajstić information content (AvgIpc) is 2.57. The van der Waals surface area contributed by atoms with Crippen LogP contribution in [0.4, 0.5) is 8.78 Å². The number of carbonyl (C=O) groups excluding carboxylic acids is 2. The molecule has 4 nitrogen and oxygen atoms in total. The Kier molecular flexibility index (Phi) is 4.51. The molecule has 0 atom stereocenters. The first-order chi connectivity index (χ1) is 11.9. The lowest BCUT2D eigenvalue weighted by atomic mass is 9.82. The van der Waals surface area contributed by atoms with Gasteiger partial charge in [-0.3, -0.25) is 9.59 Å². The molecule has 0 spiro atoms. The van der Waals surface area contributed by atoms with E-state index in [1.54, 1.807) is 0 Å². The lowest BCUT2D eigenvalue weighted by Gasteiger charge is -2.21. The van der Waals surface area contributed by atoms with Crippen molar-refractivity contribution in [2.45, 2.75) is 24.7 Å². The first kappa shape index (κ1) is 17.4. The van der Waals surface area contributed by atoms with Crippen molar-refractivity contribution >= 4 is 23.3 Å². The number of ketones is 2. The van der Waals surface area contributed by atoms with Gasteiger partial charge >= 0.3 is 0 Å². The number of fused-ring (bicyclic) bond motifs is 2. The zero-order valence-corrected chi connectivity index (χ0v) is 14.0. The number of phenols is 2. The highest BCUT2D eigenvalue weighted by Crippen LogP contribution is 2.44. The standard InChI is InChI=1S/C18H14F2O4S/c1-2-3-6-25-11-7-10(21)14-15(16(11)22)18(24)13-9(20)5-4-8(19)12(13)17(14)23/h4-5,7,21-22H,2-3,6H2,1H3. The van der Waals surface area contributed by atoms with Gasteiger partial charge in [0.05, 0.1) is 27.1 Å². The summed E-state index contributed by atoms with van der Waals surface area (Å²) in [5.74, 6) is -4.57. The lowest BCUT2D eigenvalue weighted by molar-refractivity contribution is 0.0966. The Bertz CT molecular complexity index is 909. The van der Waals surface area contributed by atoms with Gasteiger partial charge in [-0.2, -0.15) is 0 Å². The van der Waals surface area contributed by atoms with Crippen LogP contribution in [0.15, 0.2) is 23.1 Å². The van der Waals surface area contributed by atoms with E-state index < -0.39 is 57.0 Å². The van der Waals surface area contributed by atoms with E-state index in [9.17, 15) is 28.6 Å². The second-order valence-corrected chi connectivity index (χ2v) is 6.77. The number of unbranched alkanes of at least 4 members (excludes halogenated alkanes) is 1. The molecule has 7 heteroatoms. The van der Waals surface area contributed by atoms with Gasteiger partial charge in [0.1, 0.15) is 23.1 Å². The van der Waals surface area contributed by atoms with Gasteiger partial charge in [0, 0.05) is 0 Å². The Morgan fingerprint density at radius 1 is 0.960 bits per heavy atom. The van der Waals surface area contributed by atoms with Gasteiger partial charge in [-0.15, -0.1) is 11.8 Å². The molecular formula is C18H14F2O4S. The molecule has 0 aliphatic heterocycles. The quantitative estimate of drug-likeness (QED) is 0.415. The molecule has 3 rings (SSSR count). The van der Waals surface area contributed by atoms with Gasteiger partial charge in [0.2, 0.25) is 11.6 Å². The summed E-state index contributed by atoms with van der Waals surface area (Å²) in [6, 6.07) is 2.67. The van der Waals surface area contributed by atoms with Crippen LogP contribution in [0.5, 0.6) is 11.5 Å². The predicted molar refractivity (Wildman–Crippen MR) is 88.6 cm³/mol. The molecule has 0 saturated heterocycles. The fourth-order valence-electron chi connectivity index (χ4n) is 2.77. The molecule has 2 N–H and O–H groups in total. The number of thioether (sulfide) groups is 1. The molecule has 0 bridgehead atoms. The Balaban J connectivity index is 2.22. The Hall–Kier alpha value is -2.41. The van der Waals surface area contributed by atoms with Gasteiger partial charge in [-0.1, -0.05) is 13.3 Å². The highest BCUT2D eigenvalue weighted by Gasteiger charge is 2.39. The van der Waals surface area contributed by atoms with E-state index >= 15 is 0 Å². The van der Waals surface area contributed by atoms with E-state index in [4.69, 9.17) is 0 Å². The lowest BCUT2D eigenvalue weighted by Crippen LogP contribution is -2.24. The van der Waals surface area contributed by atoms with Crippen molar-refractivity contribution in [3.8, 4) is 11.5 Å². The zero-order chi connectivity index (χ0) is 18.3.